The molecular weight excluding hydrogens is 408 g/mol. The Kier molecular flexibility index (Phi) is 7.98. The molecule has 9 heteroatoms. The second kappa shape index (κ2) is 10.7. The van der Waals surface area contributed by atoms with Gasteiger partial charge in [-0.3, -0.25) is 19.6 Å². The highest BCUT2D eigenvalue weighted by Crippen LogP contribution is 2.31. The van der Waals surface area contributed by atoms with Crippen molar-refractivity contribution < 1.29 is 14.7 Å². The first kappa shape index (κ1) is 23.9. The van der Waals surface area contributed by atoms with Crippen molar-refractivity contribution in [1.82, 2.24) is 20.2 Å². The number of fused-ring (bicyclic) bond motifs is 1. The average molecular weight is 443 g/mol. The highest BCUT2D eigenvalue weighted by molar-refractivity contribution is 5.90. The number of carbonyl (C=O) groups excluding carboxylic acids is 2. The quantitative estimate of drug-likeness (QED) is 0.496. The summed E-state index contributed by atoms with van der Waals surface area (Å²) < 4.78 is 0. The smallest absolute Gasteiger partial charge is 0.244 e. The number of unbranched alkanes of at least 4 members (excludes halogenated alkanes) is 1. The number of piperidine rings is 1. The van der Waals surface area contributed by atoms with Crippen molar-refractivity contribution in [3.8, 4) is 0 Å². The first-order valence-electron chi connectivity index (χ1n) is 11.2. The number of aliphatic hydroxyl groups is 1. The summed E-state index contributed by atoms with van der Waals surface area (Å²) in [5.41, 5.74) is 6.52. The van der Waals surface area contributed by atoms with Crippen LogP contribution in [0.15, 0.2) is 30.7 Å². The van der Waals surface area contributed by atoms with Crippen LogP contribution in [0.5, 0.6) is 0 Å². The Hall–Kier alpha value is -2.78. The molecule has 174 valence electrons. The number of aromatic nitrogens is 2. The summed E-state index contributed by atoms with van der Waals surface area (Å²) in [6, 6.07) is 3.27. The molecule has 2 aromatic heterocycles. The number of nitrogens with two attached hydrogens (primary N) is 1. The molecule has 1 aliphatic rings. The van der Waals surface area contributed by atoms with Crippen molar-refractivity contribution in [1.29, 1.82) is 0 Å². The molecule has 2 aromatic rings. The lowest BCUT2D eigenvalue weighted by Gasteiger charge is -2.41. The molecule has 1 atom stereocenters. The van der Waals surface area contributed by atoms with E-state index in [-0.39, 0.29) is 18.4 Å². The van der Waals surface area contributed by atoms with Crippen molar-refractivity contribution in [2.24, 2.45) is 5.73 Å². The average Bonchev–Trinajstić information content (AvgIpc) is 2.78. The van der Waals surface area contributed by atoms with Crippen molar-refractivity contribution in [3.63, 3.8) is 0 Å². The summed E-state index contributed by atoms with van der Waals surface area (Å²) in [7, 11) is 1.69. The molecule has 1 aliphatic heterocycles. The van der Waals surface area contributed by atoms with E-state index in [0.29, 0.717) is 38.9 Å². The van der Waals surface area contributed by atoms with E-state index >= 15 is 0 Å². The lowest BCUT2D eigenvalue weighted by Crippen LogP contribution is -2.54. The Morgan fingerprint density at radius 1 is 1.28 bits per heavy atom. The molecule has 3 heterocycles. The molecule has 3 rings (SSSR count). The van der Waals surface area contributed by atoms with Gasteiger partial charge in [0, 0.05) is 63.3 Å². The summed E-state index contributed by atoms with van der Waals surface area (Å²) in [5, 5.41) is 14.9. The van der Waals surface area contributed by atoms with Crippen LogP contribution in [-0.4, -0.2) is 76.7 Å². The standard InChI is InChI=1S/C23H34N6O3/c1-17(30)27-20(5-3-4-10-24)22(31)28(2)16-23(32)8-13-29(14-9-23)21-7-12-26-19-6-11-25-15-18(19)21/h6-7,11-12,15,20,32H,3-5,8-10,13-14,16,24H2,1-2H3,(H,27,30)/t20-/m0/s1. The Morgan fingerprint density at radius 3 is 2.72 bits per heavy atom. The fraction of sp³-hybridized carbons (Fsp3) is 0.565. The maximum atomic E-state index is 13.0. The largest absolute Gasteiger partial charge is 0.388 e. The molecule has 32 heavy (non-hydrogen) atoms. The zero-order valence-corrected chi connectivity index (χ0v) is 19.0. The predicted molar refractivity (Wildman–Crippen MR) is 124 cm³/mol. The summed E-state index contributed by atoms with van der Waals surface area (Å²) >= 11 is 0. The lowest BCUT2D eigenvalue weighted by atomic mass is 9.90. The highest BCUT2D eigenvalue weighted by Gasteiger charge is 2.36. The van der Waals surface area contributed by atoms with Gasteiger partial charge in [-0.05, 0) is 50.8 Å². The van der Waals surface area contributed by atoms with Crippen LogP contribution >= 0.6 is 0 Å². The number of nitrogens with zero attached hydrogens (tertiary/aromatic N) is 4. The van der Waals surface area contributed by atoms with E-state index in [1.165, 1.54) is 6.92 Å². The monoisotopic (exact) mass is 442 g/mol. The Balaban J connectivity index is 1.61. The van der Waals surface area contributed by atoms with Gasteiger partial charge in [-0.15, -0.1) is 0 Å². The van der Waals surface area contributed by atoms with Crippen LogP contribution in [0.25, 0.3) is 10.9 Å². The second-order valence-corrected chi connectivity index (χ2v) is 8.67. The molecule has 0 spiro atoms. The van der Waals surface area contributed by atoms with E-state index in [0.717, 1.165) is 29.4 Å². The van der Waals surface area contributed by atoms with Crippen molar-refractivity contribution >= 4 is 28.4 Å². The SMILES string of the molecule is CC(=O)N[C@@H](CCCCN)C(=O)N(C)CC1(O)CCN(c2ccnc3ccncc23)CC1. The Bertz CT molecular complexity index is 924. The third kappa shape index (κ3) is 5.92. The third-order valence-electron chi connectivity index (χ3n) is 6.09. The van der Waals surface area contributed by atoms with Gasteiger partial charge < -0.3 is 26.0 Å². The number of rotatable bonds is 9. The summed E-state index contributed by atoms with van der Waals surface area (Å²) in [6.07, 6.45) is 8.50. The molecule has 9 nitrogen and oxygen atoms in total. The van der Waals surface area contributed by atoms with Gasteiger partial charge in [-0.2, -0.15) is 0 Å². The topological polar surface area (TPSA) is 125 Å². The van der Waals surface area contributed by atoms with Gasteiger partial charge in [0.1, 0.15) is 6.04 Å². The number of hydrogen-bond acceptors (Lipinski definition) is 7. The normalized spacial score (nSPS) is 16.6. The first-order chi connectivity index (χ1) is 15.3. The van der Waals surface area contributed by atoms with Crippen molar-refractivity contribution in [2.75, 3.05) is 38.1 Å². The van der Waals surface area contributed by atoms with Gasteiger partial charge >= 0.3 is 0 Å². The molecule has 0 unspecified atom stereocenters. The lowest BCUT2D eigenvalue weighted by molar-refractivity contribution is -0.138. The maximum absolute atomic E-state index is 13.0. The zero-order chi connectivity index (χ0) is 23.1. The number of pyridine rings is 2. The van der Waals surface area contributed by atoms with E-state index < -0.39 is 11.6 Å². The summed E-state index contributed by atoms with van der Waals surface area (Å²) in [6.45, 7) is 3.52. The first-order valence-corrected chi connectivity index (χ1v) is 11.2. The van der Waals surface area contributed by atoms with E-state index in [9.17, 15) is 14.7 Å². The molecule has 0 aromatic carbocycles. The molecule has 0 saturated carbocycles. The van der Waals surface area contributed by atoms with E-state index in [4.69, 9.17) is 5.73 Å². The van der Waals surface area contributed by atoms with Crippen LogP contribution < -0.4 is 16.0 Å². The van der Waals surface area contributed by atoms with E-state index in [1.54, 1.807) is 24.3 Å². The zero-order valence-electron chi connectivity index (χ0n) is 19.0. The second-order valence-electron chi connectivity index (χ2n) is 8.67. The molecule has 4 N–H and O–H groups in total. The van der Waals surface area contributed by atoms with Crippen LogP contribution in [0.1, 0.15) is 39.0 Å². The van der Waals surface area contributed by atoms with Crippen LogP contribution in [0.3, 0.4) is 0 Å². The van der Waals surface area contributed by atoms with Crippen LogP contribution in [0.4, 0.5) is 5.69 Å². The van der Waals surface area contributed by atoms with Gasteiger partial charge in [-0.25, -0.2) is 0 Å². The Morgan fingerprint density at radius 2 is 2.03 bits per heavy atom. The van der Waals surface area contributed by atoms with Crippen LogP contribution in [0, 0.1) is 0 Å². The molecular formula is C23H34N6O3. The van der Waals surface area contributed by atoms with Gasteiger partial charge in [0.2, 0.25) is 11.8 Å². The number of nitrogens with one attached hydrogen (secondary N) is 1. The fourth-order valence-electron chi connectivity index (χ4n) is 4.35. The van der Waals surface area contributed by atoms with Gasteiger partial charge in [0.05, 0.1) is 11.1 Å². The van der Waals surface area contributed by atoms with Crippen molar-refractivity contribution in [3.05, 3.63) is 30.7 Å². The fourth-order valence-corrected chi connectivity index (χ4v) is 4.35. The van der Waals surface area contributed by atoms with Gasteiger partial charge in [0.15, 0.2) is 0 Å². The number of anilines is 1. The molecule has 0 bridgehead atoms. The molecule has 1 fully saturated rings. The van der Waals surface area contributed by atoms with Crippen LogP contribution in [-0.2, 0) is 9.59 Å². The minimum Gasteiger partial charge on any atom is -0.388 e. The van der Waals surface area contributed by atoms with Crippen LogP contribution in [0.2, 0.25) is 0 Å². The number of amides is 2. The maximum Gasteiger partial charge on any atom is 0.244 e. The van der Waals surface area contributed by atoms with Gasteiger partial charge in [0.25, 0.3) is 0 Å². The molecule has 0 aliphatic carbocycles. The Labute approximate surface area is 189 Å². The summed E-state index contributed by atoms with van der Waals surface area (Å²) in [4.78, 5) is 36.9. The molecule has 1 saturated heterocycles. The summed E-state index contributed by atoms with van der Waals surface area (Å²) in [5.74, 6) is -0.421. The highest BCUT2D eigenvalue weighted by atomic mass is 16.3. The number of carbonyl (C=O) groups is 2. The third-order valence-corrected chi connectivity index (χ3v) is 6.09. The predicted octanol–water partition coefficient (Wildman–Crippen LogP) is 1.05. The van der Waals surface area contributed by atoms with Gasteiger partial charge in [-0.1, -0.05) is 0 Å². The molecule has 2 amide bonds. The van der Waals surface area contributed by atoms with Crippen molar-refractivity contribution in [2.45, 2.75) is 50.7 Å². The van der Waals surface area contributed by atoms with E-state index in [1.807, 2.05) is 18.3 Å². The minimum absolute atomic E-state index is 0.181. The minimum atomic E-state index is -0.972. The number of likely N-dealkylation sites (N-methyl/N-ethyl adjacent to an activating group) is 1. The molecule has 0 radical (unpaired) electrons. The van der Waals surface area contributed by atoms with E-state index in [2.05, 4.69) is 20.2 Å². The number of hydrogen-bond donors (Lipinski definition) is 3.